The molecule has 0 bridgehead atoms. The first kappa shape index (κ1) is 20.2. The minimum absolute atomic E-state index is 0.111. The summed E-state index contributed by atoms with van der Waals surface area (Å²) < 4.78 is 9.86. The first-order valence-electron chi connectivity index (χ1n) is 6.29. The van der Waals surface area contributed by atoms with Crippen molar-refractivity contribution < 1.29 is 19.1 Å². The number of ether oxygens (including phenoxy) is 2. The summed E-state index contributed by atoms with van der Waals surface area (Å²) in [5.41, 5.74) is 0. The average molecular weight is 363 g/mol. The van der Waals surface area contributed by atoms with E-state index >= 15 is 0 Å². The Balaban J connectivity index is 3.32. The number of halogens is 2. The molecule has 0 rings (SSSR count). The van der Waals surface area contributed by atoms with E-state index in [1.54, 1.807) is 23.5 Å². The van der Waals surface area contributed by atoms with Crippen molar-refractivity contribution in [3.05, 3.63) is 0 Å². The molecule has 20 heavy (non-hydrogen) atoms. The maximum absolute atomic E-state index is 11.3. The highest BCUT2D eigenvalue weighted by Crippen LogP contribution is 2.05. The van der Waals surface area contributed by atoms with Gasteiger partial charge in [0.05, 0.1) is 12.8 Å². The lowest BCUT2D eigenvalue weighted by Gasteiger charge is -2.06. The lowest BCUT2D eigenvalue weighted by molar-refractivity contribution is -0.151. The van der Waals surface area contributed by atoms with E-state index in [0.717, 1.165) is 11.5 Å². The second kappa shape index (κ2) is 15.6. The van der Waals surface area contributed by atoms with Crippen LogP contribution in [0.15, 0.2) is 0 Å². The summed E-state index contributed by atoms with van der Waals surface area (Å²) in [5, 5.41) is 0. The van der Waals surface area contributed by atoms with Crippen LogP contribution in [0, 0.1) is 0 Å². The molecule has 0 spiro atoms. The lowest BCUT2D eigenvalue weighted by Crippen LogP contribution is -2.14. The van der Waals surface area contributed by atoms with Crippen molar-refractivity contribution in [3.8, 4) is 0 Å². The molecule has 0 saturated heterocycles. The standard InChI is InChI=1S/C12H20Cl2O4S2/c13-3-9-19-7-1-11(15)17-5-6-18-12(16)2-8-20-10-4-14/h1-10H2. The minimum atomic E-state index is -0.277. The second-order valence-corrected chi connectivity index (χ2v) is 6.75. The van der Waals surface area contributed by atoms with Gasteiger partial charge in [0.25, 0.3) is 0 Å². The predicted molar refractivity (Wildman–Crippen MR) is 87.2 cm³/mol. The molecule has 8 heteroatoms. The topological polar surface area (TPSA) is 52.6 Å². The van der Waals surface area contributed by atoms with Gasteiger partial charge >= 0.3 is 11.9 Å². The molecule has 0 amide bonds. The Hall–Kier alpha value is 0.220. The summed E-state index contributed by atoms with van der Waals surface area (Å²) in [7, 11) is 0. The van der Waals surface area contributed by atoms with Crippen molar-refractivity contribution in [2.75, 3.05) is 48.0 Å². The van der Waals surface area contributed by atoms with Crippen LogP contribution in [0.2, 0.25) is 0 Å². The minimum Gasteiger partial charge on any atom is -0.462 e. The monoisotopic (exact) mass is 362 g/mol. The number of thioether (sulfide) groups is 2. The van der Waals surface area contributed by atoms with Gasteiger partial charge in [-0.25, -0.2) is 0 Å². The number of alkyl halides is 2. The van der Waals surface area contributed by atoms with Crippen LogP contribution < -0.4 is 0 Å². The Kier molecular flexibility index (Phi) is 15.8. The number of rotatable bonds is 13. The number of hydrogen-bond acceptors (Lipinski definition) is 6. The third-order valence-electron chi connectivity index (χ3n) is 1.95. The molecular formula is C12H20Cl2O4S2. The number of carbonyl (C=O) groups excluding carboxylic acids is 2. The molecule has 0 atom stereocenters. The van der Waals surface area contributed by atoms with Gasteiger partial charge in [0.2, 0.25) is 0 Å². The quantitative estimate of drug-likeness (QED) is 0.285. The molecule has 118 valence electrons. The molecule has 0 aliphatic rings. The van der Waals surface area contributed by atoms with Crippen LogP contribution in [-0.2, 0) is 19.1 Å². The van der Waals surface area contributed by atoms with Gasteiger partial charge in [-0.15, -0.1) is 23.2 Å². The van der Waals surface area contributed by atoms with E-state index < -0.39 is 0 Å². The smallest absolute Gasteiger partial charge is 0.306 e. The van der Waals surface area contributed by atoms with Crippen LogP contribution in [0.3, 0.4) is 0 Å². The normalized spacial score (nSPS) is 10.3. The van der Waals surface area contributed by atoms with Gasteiger partial charge in [-0.3, -0.25) is 9.59 Å². The molecule has 4 nitrogen and oxygen atoms in total. The van der Waals surface area contributed by atoms with Crippen molar-refractivity contribution in [2.45, 2.75) is 12.8 Å². The molecule has 0 aromatic rings. The largest absolute Gasteiger partial charge is 0.462 e. The van der Waals surface area contributed by atoms with Gasteiger partial charge in [0.15, 0.2) is 0 Å². The first-order chi connectivity index (χ1) is 9.70. The van der Waals surface area contributed by atoms with Crippen LogP contribution in [0.5, 0.6) is 0 Å². The van der Waals surface area contributed by atoms with Gasteiger partial charge in [-0.05, 0) is 0 Å². The first-order valence-corrected chi connectivity index (χ1v) is 9.67. The maximum atomic E-state index is 11.3. The molecular weight excluding hydrogens is 343 g/mol. The SMILES string of the molecule is O=C(CCSCCCl)OCCOC(=O)CCSCCCl. The van der Waals surface area contributed by atoms with Crippen LogP contribution in [-0.4, -0.2) is 59.9 Å². The molecule has 0 saturated carbocycles. The summed E-state index contributed by atoms with van der Waals surface area (Å²) in [6.07, 6.45) is 0.704. The third-order valence-corrected chi connectivity index (χ3v) is 4.75. The molecule has 0 aliphatic heterocycles. The number of esters is 2. The summed E-state index contributed by atoms with van der Waals surface area (Å²) >= 11 is 14.2. The average Bonchev–Trinajstić information content (AvgIpc) is 2.44. The van der Waals surface area contributed by atoms with Crippen molar-refractivity contribution in [2.24, 2.45) is 0 Å². The zero-order valence-corrected chi connectivity index (χ0v) is 14.4. The Morgan fingerprint density at radius 2 is 1.15 bits per heavy atom. The Bertz CT molecular complexity index is 242. The fourth-order valence-corrected chi connectivity index (χ4v) is 2.98. The van der Waals surface area contributed by atoms with E-state index in [1.807, 2.05) is 0 Å². The van der Waals surface area contributed by atoms with E-state index in [1.165, 1.54) is 0 Å². The van der Waals surface area contributed by atoms with E-state index in [9.17, 15) is 9.59 Å². The number of hydrogen-bond donors (Lipinski definition) is 0. The Labute approximate surface area is 138 Å². The van der Waals surface area contributed by atoms with Crippen LogP contribution in [0.4, 0.5) is 0 Å². The summed E-state index contributed by atoms with van der Waals surface area (Å²) in [4.78, 5) is 22.5. The van der Waals surface area contributed by atoms with E-state index in [2.05, 4.69) is 0 Å². The van der Waals surface area contributed by atoms with E-state index in [-0.39, 0.29) is 25.2 Å². The van der Waals surface area contributed by atoms with Gasteiger partial charge < -0.3 is 9.47 Å². The summed E-state index contributed by atoms with van der Waals surface area (Å²) in [6.45, 7) is 0.221. The fraction of sp³-hybridized carbons (Fsp3) is 0.833. The van der Waals surface area contributed by atoms with Gasteiger partial charge in [0, 0.05) is 34.8 Å². The molecule has 0 radical (unpaired) electrons. The van der Waals surface area contributed by atoms with Crippen molar-refractivity contribution >= 4 is 58.7 Å². The molecule has 0 fully saturated rings. The molecule has 0 aromatic carbocycles. The Morgan fingerprint density at radius 1 is 0.750 bits per heavy atom. The molecule has 0 heterocycles. The van der Waals surface area contributed by atoms with Crippen LogP contribution in [0.1, 0.15) is 12.8 Å². The highest BCUT2D eigenvalue weighted by Gasteiger charge is 2.05. The molecule has 0 aliphatic carbocycles. The highest BCUT2D eigenvalue weighted by atomic mass is 35.5. The summed E-state index contributed by atoms with van der Waals surface area (Å²) in [6, 6.07) is 0. The summed E-state index contributed by atoms with van der Waals surface area (Å²) in [5.74, 6) is 3.66. The second-order valence-electron chi connectivity index (χ2n) is 3.54. The fourth-order valence-electron chi connectivity index (χ4n) is 1.08. The van der Waals surface area contributed by atoms with Crippen LogP contribution in [0.25, 0.3) is 0 Å². The molecule has 0 N–H and O–H groups in total. The predicted octanol–water partition coefficient (Wildman–Crippen LogP) is 2.80. The number of carbonyl (C=O) groups is 2. The van der Waals surface area contributed by atoms with Crippen LogP contribution >= 0.6 is 46.7 Å². The molecule has 0 unspecified atom stereocenters. The molecule has 0 aromatic heterocycles. The van der Waals surface area contributed by atoms with Gasteiger partial charge in [-0.1, -0.05) is 0 Å². The van der Waals surface area contributed by atoms with E-state index in [4.69, 9.17) is 32.7 Å². The van der Waals surface area contributed by atoms with E-state index in [0.29, 0.717) is 36.1 Å². The van der Waals surface area contributed by atoms with Gasteiger partial charge in [0.1, 0.15) is 13.2 Å². The zero-order chi connectivity index (χ0) is 15.1. The maximum Gasteiger partial charge on any atom is 0.306 e. The highest BCUT2D eigenvalue weighted by molar-refractivity contribution is 7.99. The third kappa shape index (κ3) is 14.6. The van der Waals surface area contributed by atoms with Crippen molar-refractivity contribution in [1.82, 2.24) is 0 Å². The Morgan fingerprint density at radius 3 is 1.50 bits per heavy atom. The lowest BCUT2D eigenvalue weighted by atomic mass is 10.5. The van der Waals surface area contributed by atoms with Crippen molar-refractivity contribution in [1.29, 1.82) is 0 Å². The van der Waals surface area contributed by atoms with Crippen molar-refractivity contribution in [3.63, 3.8) is 0 Å². The zero-order valence-electron chi connectivity index (χ0n) is 11.3. The van der Waals surface area contributed by atoms with Gasteiger partial charge in [-0.2, -0.15) is 23.5 Å².